The van der Waals surface area contributed by atoms with Crippen LogP contribution >= 0.6 is 0 Å². The van der Waals surface area contributed by atoms with Crippen LogP contribution in [0.3, 0.4) is 0 Å². The molecule has 1 fully saturated rings. The predicted molar refractivity (Wildman–Crippen MR) is 70.5 cm³/mol. The van der Waals surface area contributed by atoms with Crippen LogP contribution in [0.1, 0.15) is 31.2 Å². The van der Waals surface area contributed by atoms with Crippen molar-refractivity contribution in [1.29, 1.82) is 0 Å². The Labute approximate surface area is 110 Å². The number of nitrogens with one attached hydrogen (secondary N) is 1. The Balaban J connectivity index is 1.91. The number of amidine groups is 1. The summed E-state index contributed by atoms with van der Waals surface area (Å²) in [4.78, 5) is 14.9. The van der Waals surface area contributed by atoms with E-state index in [1.54, 1.807) is 6.07 Å². The van der Waals surface area contributed by atoms with Gasteiger partial charge in [0.2, 0.25) is 0 Å². The standard InChI is InChI=1S/C13H15N3O3/c17-12-6-5-8(7-11(12)16(18)19)13-14-9-3-1-2-4-10(9)15-13/h5-7,9-10,17H,1-4H2,(H,14,15)/t9-,10+. The maximum Gasteiger partial charge on any atom is 0.311 e. The lowest BCUT2D eigenvalue weighted by molar-refractivity contribution is -0.385. The molecule has 19 heavy (non-hydrogen) atoms. The van der Waals surface area contributed by atoms with E-state index in [0.717, 1.165) is 12.8 Å². The van der Waals surface area contributed by atoms with Gasteiger partial charge in [-0.25, -0.2) is 0 Å². The number of nitro benzene ring substituents is 1. The first-order valence-electron chi connectivity index (χ1n) is 6.47. The Morgan fingerprint density at radius 1 is 1.37 bits per heavy atom. The van der Waals surface area contributed by atoms with Gasteiger partial charge in [0.05, 0.1) is 11.0 Å². The summed E-state index contributed by atoms with van der Waals surface area (Å²) in [5, 5.41) is 23.6. The van der Waals surface area contributed by atoms with Crippen molar-refractivity contribution in [2.45, 2.75) is 37.8 Å². The maximum absolute atomic E-state index is 10.8. The molecule has 1 heterocycles. The molecule has 1 aliphatic carbocycles. The lowest BCUT2D eigenvalue weighted by atomic mass is 9.92. The van der Waals surface area contributed by atoms with Gasteiger partial charge in [-0.2, -0.15) is 0 Å². The third-order valence-corrected chi connectivity index (χ3v) is 3.79. The second-order valence-electron chi connectivity index (χ2n) is 5.04. The van der Waals surface area contributed by atoms with E-state index >= 15 is 0 Å². The smallest absolute Gasteiger partial charge is 0.311 e. The largest absolute Gasteiger partial charge is 0.502 e. The Morgan fingerprint density at radius 2 is 2.16 bits per heavy atom. The summed E-state index contributed by atoms with van der Waals surface area (Å²) in [6.07, 6.45) is 4.56. The summed E-state index contributed by atoms with van der Waals surface area (Å²) in [6, 6.07) is 5.03. The molecule has 1 saturated carbocycles. The number of phenolic OH excluding ortho intramolecular Hbond substituents is 1. The zero-order valence-electron chi connectivity index (χ0n) is 10.4. The highest BCUT2D eigenvalue weighted by atomic mass is 16.6. The van der Waals surface area contributed by atoms with Gasteiger partial charge in [0.25, 0.3) is 0 Å². The lowest BCUT2D eigenvalue weighted by Crippen LogP contribution is -2.36. The second-order valence-corrected chi connectivity index (χ2v) is 5.04. The minimum absolute atomic E-state index is 0.281. The van der Waals surface area contributed by atoms with E-state index in [1.165, 1.54) is 25.0 Å². The van der Waals surface area contributed by atoms with E-state index in [2.05, 4.69) is 10.3 Å². The van der Waals surface area contributed by atoms with Crippen LogP contribution in [0.15, 0.2) is 23.2 Å². The molecule has 1 aliphatic heterocycles. The lowest BCUT2D eigenvalue weighted by Gasteiger charge is -2.23. The zero-order chi connectivity index (χ0) is 13.4. The molecule has 0 aromatic heterocycles. The number of nitrogens with zero attached hydrogens (tertiary/aromatic N) is 2. The first-order valence-corrected chi connectivity index (χ1v) is 6.47. The molecule has 2 N–H and O–H groups in total. The summed E-state index contributed by atoms with van der Waals surface area (Å²) in [6.45, 7) is 0. The highest BCUT2D eigenvalue weighted by molar-refractivity contribution is 6.01. The van der Waals surface area contributed by atoms with Crippen molar-refractivity contribution in [3.8, 4) is 5.75 Å². The molecular weight excluding hydrogens is 246 g/mol. The van der Waals surface area contributed by atoms with Crippen molar-refractivity contribution in [3.05, 3.63) is 33.9 Å². The van der Waals surface area contributed by atoms with Crippen LogP contribution in [0.4, 0.5) is 5.69 Å². The Hall–Kier alpha value is -2.11. The highest BCUT2D eigenvalue weighted by Crippen LogP contribution is 2.29. The number of fused-ring (bicyclic) bond motifs is 1. The summed E-state index contributed by atoms with van der Waals surface area (Å²) >= 11 is 0. The van der Waals surface area contributed by atoms with Crippen LogP contribution in [0.2, 0.25) is 0 Å². The average molecular weight is 261 g/mol. The first kappa shape index (κ1) is 12.0. The van der Waals surface area contributed by atoms with Gasteiger partial charge >= 0.3 is 5.69 Å². The number of aliphatic imine (C=N–C) groups is 1. The molecule has 0 spiro atoms. The fourth-order valence-corrected chi connectivity index (χ4v) is 2.79. The third-order valence-electron chi connectivity index (χ3n) is 3.79. The number of rotatable bonds is 2. The van der Waals surface area contributed by atoms with Gasteiger partial charge in [-0.3, -0.25) is 15.1 Å². The molecular formula is C13H15N3O3. The van der Waals surface area contributed by atoms with Gasteiger partial charge in [0.15, 0.2) is 5.75 Å². The predicted octanol–water partition coefficient (Wildman–Crippen LogP) is 1.96. The number of hydrogen-bond donors (Lipinski definition) is 2. The first-order chi connectivity index (χ1) is 9.15. The van der Waals surface area contributed by atoms with Crippen molar-refractivity contribution in [2.75, 3.05) is 0 Å². The molecule has 0 saturated heterocycles. The van der Waals surface area contributed by atoms with Crippen LogP contribution < -0.4 is 5.32 Å². The molecule has 0 amide bonds. The quantitative estimate of drug-likeness (QED) is 0.629. The summed E-state index contributed by atoms with van der Waals surface area (Å²) < 4.78 is 0. The van der Waals surface area contributed by atoms with Crippen LogP contribution in [0, 0.1) is 10.1 Å². The summed E-state index contributed by atoms with van der Waals surface area (Å²) in [5.74, 6) is 0.393. The molecule has 1 aromatic rings. The van der Waals surface area contributed by atoms with Crippen molar-refractivity contribution in [3.63, 3.8) is 0 Å². The van der Waals surface area contributed by atoms with Gasteiger partial charge in [0, 0.05) is 17.7 Å². The molecule has 6 nitrogen and oxygen atoms in total. The summed E-state index contributed by atoms with van der Waals surface area (Å²) in [5.41, 5.74) is 0.385. The number of hydrogen-bond acceptors (Lipinski definition) is 5. The van der Waals surface area contributed by atoms with E-state index in [-0.39, 0.29) is 17.5 Å². The summed E-state index contributed by atoms with van der Waals surface area (Å²) in [7, 11) is 0. The van der Waals surface area contributed by atoms with Crippen molar-refractivity contribution in [2.24, 2.45) is 4.99 Å². The molecule has 6 heteroatoms. The zero-order valence-corrected chi connectivity index (χ0v) is 10.4. The topological polar surface area (TPSA) is 87.8 Å². The Kier molecular flexibility index (Phi) is 2.85. The second kappa shape index (κ2) is 4.53. The van der Waals surface area contributed by atoms with Crippen molar-refractivity contribution in [1.82, 2.24) is 5.32 Å². The minimum atomic E-state index is -0.582. The monoisotopic (exact) mass is 261 g/mol. The normalized spacial score (nSPS) is 25.4. The number of benzene rings is 1. The molecule has 0 bridgehead atoms. The van der Waals surface area contributed by atoms with Gasteiger partial charge in [-0.15, -0.1) is 0 Å². The number of nitro groups is 1. The number of phenols is 1. The van der Waals surface area contributed by atoms with Crippen LogP contribution in [0.25, 0.3) is 0 Å². The van der Waals surface area contributed by atoms with Crippen LogP contribution in [0.5, 0.6) is 5.75 Å². The SMILES string of the molecule is O=[N+]([O-])c1cc(C2=N[C@@H]3CCCC[C@@H]3N2)ccc1O. The molecule has 2 atom stereocenters. The Morgan fingerprint density at radius 3 is 2.89 bits per heavy atom. The van der Waals surface area contributed by atoms with E-state index in [4.69, 9.17) is 0 Å². The third kappa shape index (κ3) is 2.14. The van der Waals surface area contributed by atoms with Crippen molar-refractivity contribution < 1.29 is 10.0 Å². The molecule has 0 radical (unpaired) electrons. The Bertz CT molecular complexity index is 556. The molecule has 2 aliphatic rings. The van der Waals surface area contributed by atoms with Crippen LogP contribution in [-0.4, -0.2) is 27.9 Å². The fourth-order valence-electron chi connectivity index (χ4n) is 2.79. The molecule has 100 valence electrons. The van der Waals surface area contributed by atoms with Crippen LogP contribution in [-0.2, 0) is 0 Å². The number of aromatic hydroxyl groups is 1. The van der Waals surface area contributed by atoms with E-state index in [9.17, 15) is 15.2 Å². The van der Waals surface area contributed by atoms with E-state index in [0.29, 0.717) is 17.4 Å². The molecule has 0 unspecified atom stereocenters. The highest BCUT2D eigenvalue weighted by Gasteiger charge is 2.31. The minimum Gasteiger partial charge on any atom is -0.502 e. The van der Waals surface area contributed by atoms with Gasteiger partial charge < -0.3 is 10.4 Å². The average Bonchev–Trinajstić information content (AvgIpc) is 2.82. The molecule has 3 rings (SSSR count). The van der Waals surface area contributed by atoms with Gasteiger partial charge in [-0.1, -0.05) is 12.8 Å². The van der Waals surface area contributed by atoms with E-state index < -0.39 is 4.92 Å². The molecule has 1 aromatic carbocycles. The fraction of sp³-hybridized carbons (Fsp3) is 0.462. The van der Waals surface area contributed by atoms with Crippen molar-refractivity contribution >= 4 is 11.5 Å². The van der Waals surface area contributed by atoms with Gasteiger partial charge in [0.1, 0.15) is 5.84 Å². The van der Waals surface area contributed by atoms with E-state index in [1.807, 2.05) is 0 Å². The maximum atomic E-state index is 10.8. The van der Waals surface area contributed by atoms with Gasteiger partial charge in [-0.05, 0) is 25.0 Å².